The second kappa shape index (κ2) is 4.77. The Hall–Kier alpha value is -2.01. The topological polar surface area (TPSA) is 17.3 Å². The van der Waals surface area contributed by atoms with Crippen LogP contribution in [0.1, 0.15) is 11.1 Å². The van der Waals surface area contributed by atoms with E-state index in [4.69, 9.17) is 11.6 Å². The number of alkyl halides is 3. The van der Waals surface area contributed by atoms with Crippen LogP contribution in [0.15, 0.2) is 42.6 Å². The molecule has 0 saturated carbocycles. The zero-order valence-electron chi connectivity index (χ0n) is 10.9. The minimum atomic E-state index is -4.39. The van der Waals surface area contributed by atoms with E-state index in [1.165, 1.54) is 6.07 Å². The third kappa shape index (κ3) is 2.49. The van der Waals surface area contributed by atoms with Gasteiger partial charge in [0.15, 0.2) is 5.15 Å². The fourth-order valence-corrected chi connectivity index (χ4v) is 2.42. The molecule has 0 saturated heterocycles. The van der Waals surface area contributed by atoms with Crippen molar-refractivity contribution < 1.29 is 13.2 Å². The van der Waals surface area contributed by atoms with Gasteiger partial charge >= 0.3 is 6.18 Å². The molecule has 0 unspecified atom stereocenters. The van der Waals surface area contributed by atoms with Gasteiger partial charge in [0.05, 0.1) is 11.1 Å². The molecule has 3 aromatic rings. The summed E-state index contributed by atoms with van der Waals surface area (Å²) in [4.78, 5) is 4.19. The zero-order valence-corrected chi connectivity index (χ0v) is 11.7. The van der Waals surface area contributed by atoms with Gasteiger partial charge in [-0.1, -0.05) is 23.7 Å². The van der Waals surface area contributed by atoms with E-state index < -0.39 is 11.7 Å². The number of imidazole rings is 1. The predicted molar refractivity (Wildman–Crippen MR) is 75.4 cm³/mol. The van der Waals surface area contributed by atoms with Gasteiger partial charge in [0, 0.05) is 11.8 Å². The second-order valence-electron chi connectivity index (χ2n) is 4.76. The van der Waals surface area contributed by atoms with Gasteiger partial charge in [0.1, 0.15) is 5.82 Å². The highest BCUT2D eigenvalue weighted by atomic mass is 35.5. The number of aromatic nitrogens is 2. The fraction of sp³-hybridized carbons (Fsp3) is 0.133. The molecule has 3 rings (SSSR count). The van der Waals surface area contributed by atoms with Crippen LogP contribution in [0.3, 0.4) is 0 Å². The highest BCUT2D eigenvalue weighted by Crippen LogP contribution is 2.33. The molecular weight excluding hydrogens is 301 g/mol. The maximum Gasteiger partial charge on any atom is 0.416 e. The molecule has 0 spiro atoms. The third-order valence-electron chi connectivity index (χ3n) is 3.20. The number of fused-ring (bicyclic) bond motifs is 1. The lowest BCUT2D eigenvalue weighted by Gasteiger charge is -2.08. The number of aryl methyl sites for hydroxylation is 1. The predicted octanol–water partition coefficient (Wildman–Crippen LogP) is 4.98. The van der Waals surface area contributed by atoms with E-state index >= 15 is 0 Å². The van der Waals surface area contributed by atoms with E-state index in [-0.39, 0.29) is 5.15 Å². The van der Waals surface area contributed by atoms with Crippen molar-refractivity contribution >= 4 is 17.1 Å². The average Bonchev–Trinajstić information content (AvgIpc) is 2.75. The second-order valence-corrected chi connectivity index (χ2v) is 5.12. The first kappa shape index (κ1) is 13.9. The lowest BCUT2D eigenvalue weighted by molar-refractivity contribution is -0.137. The van der Waals surface area contributed by atoms with Gasteiger partial charge in [-0.25, -0.2) is 4.98 Å². The molecule has 2 aromatic heterocycles. The number of hydrogen-bond donors (Lipinski definition) is 0. The molecular formula is C15H10ClF3N2. The Morgan fingerprint density at radius 3 is 2.62 bits per heavy atom. The largest absolute Gasteiger partial charge is 0.416 e. The summed E-state index contributed by atoms with van der Waals surface area (Å²) >= 11 is 6.08. The van der Waals surface area contributed by atoms with Crippen LogP contribution in [-0.4, -0.2) is 9.38 Å². The number of rotatable bonds is 1. The molecule has 0 radical (unpaired) electrons. The van der Waals surface area contributed by atoms with Gasteiger partial charge in [-0.15, -0.1) is 0 Å². The van der Waals surface area contributed by atoms with E-state index in [2.05, 4.69) is 4.98 Å². The summed E-state index contributed by atoms with van der Waals surface area (Å²) in [5.74, 6) is 0.390. The highest BCUT2D eigenvalue weighted by molar-refractivity contribution is 6.32. The van der Waals surface area contributed by atoms with Crippen LogP contribution in [0, 0.1) is 6.92 Å². The van der Waals surface area contributed by atoms with Crippen molar-refractivity contribution in [3.63, 3.8) is 0 Å². The van der Waals surface area contributed by atoms with Crippen LogP contribution in [0.2, 0.25) is 5.15 Å². The molecule has 0 N–H and O–H groups in total. The van der Waals surface area contributed by atoms with Crippen LogP contribution in [0.25, 0.3) is 16.9 Å². The SMILES string of the molecule is Cc1ccn2c(-c3cccc(C(F)(F)F)c3)nc(Cl)c2c1. The third-order valence-corrected chi connectivity index (χ3v) is 3.48. The van der Waals surface area contributed by atoms with Crippen molar-refractivity contribution in [2.75, 3.05) is 0 Å². The molecule has 0 aliphatic rings. The molecule has 0 amide bonds. The van der Waals surface area contributed by atoms with Gasteiger partial charge < -0.3 is 0 Å². The molecule has 0 atom stereocenters. The molecule has 0 bridgehead atoms. The van der Waals surface area contributed by atoms with Crippen molar-refractivity contribution in [2.45, 2.75) is 13.1 Å². The van der Waals surface area contributed by atoms with Crippen LogP contribution in [0.5, 0.6) is 0 Å². The Morgan fingerprint density at radius 1 is 1.14 bits per heavy atom. The number of hydrogen-bond acceptors (Lipinski definition) is 1. The Bertz CT molecular complexity index is 821. The Labute approximate surface area is 123 Å². The Kier molecular flexibility index (Phi) is 3.17. The van der Waals surface area contributed by atoms with Gasteiger partial charge in [0.2, 0.25) is 0 Å². The summed E-state index contributed by atoms with van der Waals surface area (Å²) < 4.78 is 40.1. The average molecular weight is 311 g/mol. The summed E-state index contributed by atoms with van der Waals surface area (Å²) in [6.07, 6.45) is -2.64. The van der Waals surface area contributed by atoms with Crippen molar-refractivity contribution in [1.82, 2.24) is 9.38 Å². The van der Waals surface area contributed by atoms with E-state index in [1.807, 2.05) is 19.1 Å². The van der Waals surface area contributed by atoms with Gasteiger partial charge in [0.25, 0.3) is 0 Å². The summed E-state index contributed by atoms with van der Waals surface area (Å²) in [6.45, 7) is 1.91. The minimum absolute atomic E-state index is 0.270. The van der Waals surface area contributed by atoms with Crippen LogP contribution < -0.4 is 0 Å². The lowest BCUT2D eigenvalue weighted by Crippen LogP contribution is -2.04. The summed E-state index contributed by atoms with van der Waals surface area (Å²) in [6, 6.07) is 8.74. The van der Waals surface area contributed by atoms with Crippen LogP contribution in [-0.2, 0) is 6.18 Å². The first-order chi connectivity index (χ1) is 9.86. The van der Waals surface area contributed by atoms with Gasteiger partial charge in [-0.05, 0) is 36.8 Å². The monoisotopic (exact) mass is 310 g/mol. The van der Waals surface area contributed by atoms with Crippen molar-refractivity contribution in [3.05, 3.63) is 58.9 Å². The maximum atomic E-state index is 12.8. The zero-order chi connectivity index (χ0) is 15.2. The summed E-state index contributed by atoms with van der Waals surface area (Å²) in [5, 5.41) is 0.270. The minimum Gasteiger partial charge on any atom is -0.298 e. The first-order valence-corrected chi connectivity index (χ1v) is 6.56. The van der Waals surface area contributed by atoms with E-state index in [9.17, 15) is 13.2 Å². The highest BCUT2D eigenvalue weighted by Gasteiger charge is 2.30. The van der Waals surface area contributed by atoms with Crippen molar-refractivity contribution in [2.24, 2.45) is 0 Å². The molecule has 2 heterocycles. The fourth-order valence-electron chi connectivity index (χ4n) is 2.19. The van der Waals surface area contributed by atoms with Crippen LogP contribution >= 0.6 is 11.6 Å². The van der Waals surface area contributed by atoms with Gasteiger partial charge in [-0.2, -0.15) is 13.2 Å². The molecule has 108 valence electrons. The van der Waals surface area contributed by atoms with Crippen molar-refractivity contribution in [1.29, 1.82) is 0 Å². The molecule has 0 fully saturated rings. The van der Waals surface area contributed by atoms with E-state index in [0.717, 1.165) is 17.7 Å². The smallest absolute Gasteiger partial charge is 0.298 e. The van der Waals surface area contributed by atoms with Crippen molar-refractivity contribution in [3.8, 4) is 11.4 Å². The van der Waals surface area contributed by atoms with Gasteiger partial charge in [-0.3, -0.25) is 4.40 Å². The molecule has 0 aliphatic heterocycles. The van der Waals surface area contributed by atoms with E-state index in [1.54, 1.807) is 16.7 Å². The molecule has 2 nitrogen and oxygen atoms in total. The molecule has 0 aliphatic carbocycles. The quantitative estimate of drug-likeness (QED) is 0.619. The molecule has 1 aromatic carbocycles. The normalized spacial score (nSPS) is 12.0. The Balaban J connectivity index is 2.22. The maximum absolute atomic E-state index is 12.8. The van der Waals surface area contributed by atoms with Crippen LogP contribution in [0.4, 0.5) is 13.2 Å². The molecule has 6 heteroatoms. The van der Waals surface area contributed by atoms with E-state index in [0.29, 0.717) is 16.9 Å². The summed E-state index contributed by atoms with van der Waals surface area (Å²) in [7, 11) is 0. The number of halogens is 4. The molecule has 21 heavy (non-hydrogen) atoms. The number of benzene rings is 1. The first-order valence-electron chi connectivity index (χ1n) is 6.18. The standard InChI is InChI=1S/C15H10ClF3N2/c1-9-5-6-21-12(7-9)13(16)20-14(21)10-3-2-4-11(8-10)15(17,18)19/h2-8H,1H3. The summed E-state index contributed by atoms with van der Waals surface area (Å²) in [5.41, 5.74) is 1.33. The number of nitrogens with zero attached hydrogens (tertiary/aromatic N) is 2. The number of pyridine rings is 1. The lowest BCUT2D eigenvalue weighted by atomic mass is 10.1. The Morgan fingerprint density at radius 2 is 1.90 bits per heavy atom.